The van der Waals surface area contributed by atoms with Crippen molar-refractivity contribution >= 4 is 33.0 Å². The third-order valence-electron chi connectivity index (χ3n) is 4.74. The number of aromatic nitrogens is 4. The summed E-state index contributed by atoms with van der Waals surface area (Å²) in [5.74, 6) is 1.31. The van der Waals surface area contributed by atoms with E-state index in [1.54, 1.807) is 23.6 Å². The smallest absolute Gasteiger partial charge is 0.311 e. The minimum Gasteiger partial charge on any atom is -0.479 e. The molecule has 3 heterocycles. The van der Waals surface area contributed by atoms with E-state index < -0.39 is 4.92 Å². The number of nitro groups is 1. The zero-order valence-electron chi connectivity index (χ0n) is 16.0. The van der Waals surface area contributed by atoms with Crippen LogP contribution in [0.15, 0.2) is 46.9 Å². The van der Waals surface area contributed by atoms with Gasteiger partial charge in [0.25, 0.3) is 0 Å². The average Bonchev–Trinajstić information content (AvgIpc) is 3.40. The van der Waals surface area contributed by atoms with Crippen LogP contribution in [0.2, 0.25) is 0 Å². The standard InChI is InChI=1S/C20H15N5O4S/c1-11-7-8-16(14(9-11)25(26)27)28-10-17-23-24-19(21-22-20(24)30-17)18-12(2)13-5-3-4-6-15(13)29-18/h3-9H,10H2,1-2H3. The van der Waals surface area contributed by atoms with Crippen LogP contribution in [0.1, 0.15) is 16.1 Å². The topological polar surface area (TPSA) is 109 Å². The number of aryl methyl sites for hydroxylation is 2. The van der Waals surface area contributed by atoms with Crippen molar-refractivity contribution in [1.82, 2.24) is 19.8 Å². The summed E-state index contributed by atoms with van der Waals surface area (Å²) in [5.41, 5.74) is 2.45. The Morgan fingerprint density at radius 1 is 1.20 bits per heavy atom. The minimum absolute atomic E-state index is 0.0726. The van der Waals surface area contributed by atoms with Gasteiger partial charge in [0, 0.05) is 17.0 Å². The predicted molar refractivity (Wildman–Crippen MR) is 111 cm³/mol. The Hall–Kier alpha value is -3.79. The highest BCUT2D eigenvalue weighted by molar-refractivity contribution is 7.16. The molecule has 0 bridgehead atoms. The summed E-state index contributed by atoms with van der Waals surface area (Å²) in [5, 5.41) is 25.8. The molecule has 0 saturated heterocycles. The number of hydrogen-bond acceptors (Lipinski definition) is 8. The van der Waals surface area contributed by atoms with Crippen molar-refractivity contribution in [2.75, 3.05) is 0 Å². The first-order valence-corrected chi connectivity index (χ1v) is 9.90. The summed E-state index contributed by atoms with van der Waals surface area (Å²) in [6.07, 6.45) is 0. The van der Waals surface area contributed by atoms with E-state index in [0.717, 1.165) is 22.1 Å². The van der Waals surface area contributed by atoms with Gasteiger partial charge in [0.05, 0.1) is 4.92 Å². The quantitative estimate of drug-likeness (QED) is 0.299. The van der Waals surface area contributed by atoms with Crippen molar-refractivity contribution in [2.45, 2.75) is 20.5 Å². The molecule has 0 spiro atoms. The fourth-order valence-electron chi connectivity index (χ4n) is 3.28. The molecule has 2 aromatic carbocycles. The highest BCUT2D eigenvalue weighted by Gasteiger charge is 2.21. The molecular weight excluding hydrogens is 406 g/mol. The molecule has 0 aliphatic heterocycles. The number of furan rings is 1. The second-order valence-corrected chi connectivity index (χ2v) is 7.82. The summed E-state index contributed by atoms with van der Waals surface area (Å²) >= 11 is 1.30. The Balaban J connectivity index is 1.47. The maximum atomic E-state index is 11.3. The molecule has 0 amide bonds. The molecule has 5 rings (SSSR count). The van der Waals surface area contributed by atoms with E-state index in [0.29, 0.717) is 21.6 Å². The van der Waals surface area contributed by atoms with E-state index >= 15 is 0 Å². The second-order valence-electron chi connectivity index (χ2n) is 6.78. The maximum Gasteiger partial charge on any atom is 0.311 e. The highest BCUT2D eigenvalue weighted by atomic mass is 32.1. The zero-order valence-corrected chi connectivity index (χ0v) is 16.8. The maximum absolute atomic E-state index is 11.3. The third kappa shape index (κ3) is 2.98. The van der Waals surface area contributed by atoms with Gasteiger partial charge >= 0.3 is 5.69 Å². The molecule has 0 N–H and O–H groups in total. The average molecular weight is 421 g/mol. The monoisotopic (exact) mass is 421 g/mol. The van der Waals surface area contributed by atoms with Crippen molar-refractivity contribution < 1.29 is 14.1 Å². The number of hydrogen-bond donors (Lipinski definition) is 0. The lowest BCUT2D eigenvalue weighted by molar-refractivity contribution is -0.386. The summed E-state index contributed by atoms with van der Waals surface area (Å²) in [6, 6.07) is 12.6. The second kappa shape index (κ2) is 6.92. The molecule has 0 radical (unpaired) electrons. The van der Waals surface area contributed by atoms with Crippen molar-refractivity contribution in [3.63, 3.8) is 0 Å². The van der Waals surface area contributed by atoms with Gasteiger partial charge in [0.1, 0.15) is 12.2 Å². The van der Waals surface area contributed by atoms with Gasteiger partial charge in [-0.3, -0.25) is 10.1 Å². The lowest BCUT2D eigenvalue weighted by atomic mass is 10.1. The van der Waals surface area contributed by atoms with E-state index in [2.05, 4.69) is 15.3 Å². The van der Waals surface area contributed by atoms with Crippen LogP contribution in [-0.4, -0.2) is 24.7 Å². The number of rotatable bonds is 5. The van der Waals surface area contributed by atoms with Crippen LogP contribution < -0.4 is 4.74 Å². The molecule has 0 fully saturated rings. The number of ether oxygens (including phenoxy) is 1. The summed E-state index contributed by atoms with van der Waals surface area (Å²) < 4.78 is 13.3. The van der Waals surface area contributed by atoms with Crippen molar-refractivity contribution in [2.24, 2.45) is 0 Å². The van der Waals surface area contributed by atoms with Crippen LogP contribution in [0.4, 0.5) is 5.69 Å². The van der Waals surface area contributed by atoms with Crippen LogP contribution >= 0.6 is 11.3 Å². The van der Waals surface area contributed by atoms with E-state index in [4.69, 9.17) is 9.15 Å². The Bertz CT molecular complexity index is 1420. The number of nitrogens with zero attached hydrogens (tertiary/aromatic N) is 5. The van der Waals surface area contributed by atoms with Gasteiger partial charge in [0.2, 0.25) is 10.8 Å². The summed E-state index contributed by atoms with van der Waals surface area (Å²) in [4.78, 5) is 11.4. The largest absolute Gasteiger partial charge is 0.479 e. The first kappa shape index (κ1) is 18.3. The van der Waals surface area contributed by atoms with Gasteiger partial charge < -0.3 is 9.15 Å². The van der Waals surface area contributed by atoms with Crippen molar-refractivity contribution in [3.05, 3.63) is 68.7 Å². The Kier molecular flexibility index (Phi) is 4.21. The molecule has 0 unspecified atom stereocenters. The van der Waals surface area contributed by atoms with E-state index in [1.165, 1.54) is 17.4 Å². The van der Waals surface area contributed by atoms with E-state index in [1.807, 2.05) is 31.2 Å². The Labute approximate surface area is 173 Å². The Morgan fingerprint density at radius 2 is 2.03 bits per heavy atom. The third-order valence-corrected chi connectivity index (χ3v) is 5.61. The van der Waals surface area contributed by atoms with Crippen LogP contribution in [-0.2, 0) is 6.61 Å². The minimum atomic E-state index is -0.455. The van der Waals surface area contributed by atoms with E-state index in [9.17, 15) is 10.1 Å². The molecule has 5 aromatic rings. The molecule has 3 aromatic heterocycles. The van der Waals surface area contributed by atoms with Crippen LogP contribution in [0.5, 0.6) is 5.75 Å². The molecular formula is C20H15N5O4S. The molecule has 0 aliphatic rings. The van der Waals surface area contributed by atoms with Crippen molar-refractivity contribution in [1.29, 1.82) is 0 Å². The molecule has 0 atom stereocenters. The number of benzene rings is 2. The molecule has 10 heteroatoms. The van der Waals surface area contributed by atoms with Crippen LogP contribution in [0, 0.1) is 24.0 Å². The first-order valence-electron chi connectivity index (χ1n) is 9.09. The number of nitro benzene ring substituents is 1. The molecule has 150 valence electrons. The fourth-order valence-corrected chi connectivity index (χ4v) is 4.02. The van der Waals surface area contributed by atoms with Crippen LogP contribution in [0.25, 0.3) is 27.5 Å². The highest BCUT2D eigenvalue weighted by Crippen LogP contribution is 2.33. The van der Waals surface area contributed by atoms with Crippen LogP contribution in [0.3, 0.4) is 0 Å². The van der Waals surface area contributed by atoms with Gasteiger partial charge in [-0.1, -0.05) is 35.6 Å². The fraction of sp³-hybridized carbons (Fsp3) is 0.150. The normalized spacial score (nSPS) is 11.4. The summed E-state index contributed by atoms with van der Waals surface area (Å²) in [7, 11) is 0. The van der Waals surface area contributed by atoms with Gasteiger partial charge in [-0.2, -0.15) is 9.61 Å². The Morgan fingerprint density at radius 3 is 2.83 bits per heavy atom. The predicted octanol–water partition coefficient (Wildman–Crippen LogP) is 4.70. The van der Waals surface area contributed by atoms with Gasteiger partial charge in [-0.05, 0) is 31.5 Å². The molecule has 0 saturated carbocycles. The van der Waals surface area contributed by atoms with Crippen molar-refractivity contribution in [3.8, 4) is 17.3 Å². The first-order chi connectivity index (χ1) is 14.5. The number of fused-ring (bicyclic) bond motifs is 2. The lowest BCUT2D eigenvalue weighted by Gasteiger charge is -2.05. The van der Waals surface area contributed by atoms with E-state index in [-0.39, 0.29) is 18.0 Å². The lowest BCUT2D eigenvalue weighted by Crippen LogP contribution is -2.00. The van der Waals surface area contributed by atoms with Gasteiger partial charge in [0.15, 0.2) is 16.5 Å². The molecule has 9 nitrogen and oxygen atoms in total. The SMILES string of the molecule is Cc1ccc(OCc2nn3c(-c4oc5ccccc5c4C)nnc3s2)c([N+](=O)[O-])c1. The van der Waals surface area contributed by atoms with Gasteiger partial charge in [-0.15, -0.1) is 10.2 Å². The number of para-hydroxylation sites is 1. The molecule has 30 heavy (non-hydrogen) atoms. The van der Waals surface area contributed by atoms with Gasteiger partial charge in [-0.25, -0.2) is 0 Å². The summed E-state index contributed by atoms with van der Waals surface area (Å²) in [6.45, 7) is 3.84. The molecule has 0 aliphatic carbocycles. The zero-order chi connectivity index (χ0) is 20.8.